The van der Waals surface area contributed by atoms with E-state index in [1.807, 2.05) is 31.2 Å². The summed E-state index contributed by atoms with van der Waals surface area (Å²) in [5, 5.41) is 0. The highest BCUT2D eigenvalue weighted by Crippen LogP contribution is 2.20. The zero-order valence-corrected chi connectivity index (χ0v) is 10.9. The number of hydrogen-bond donors (Lipinski definition) is 2. The molecular weight excluding hydrogens is 240 g/mol. The van der Waals surface area contributed by atoms with Gasteiger partial charge in [-0.15, -0.1) is 0 Å². The molecule has 0 radical (unpaired) electrons. The summed E-state index contributed by atoms with van der Waals surface area (Å²) >= 11 is 0. The summed E-state index contributed by atoms with van der Waals surface area (Å²) in [5.41, 5.74) is 5.43. The Kier molecular flexibility index (Phi) is 3.77. The van der Waals surface area contributed by atoms with Crippen molar-refractivity contribution in [1.82, 2.24) is 4.98 Å². The summed E-state index contributed by atoms with van der Waals surface area (Å²) in [6, 6.07) is 9.40. The molecule has 0 saturated carbocycles. The molecule has 1 amide bonds. The minimum atomic E-state index is -0.161. The van der Waals surface area contributed by atoms with Gasteiger partial charge in [-0.25, -0.2) is 0 Å². The molecule has 0 spiro atoms. The van der Waals surface area contributed by atoms with Gasteiger partial charge in [-0.2, -0.15) is 0 Å². The Morgan fingerprint density at radius 1 is 1.37 bits per heavy atom. The van der Waals surface area contributed by atoms with Crippen LogP contribution in [-0.4, -0.2) is 17.9 Å². The van der Waals surface area contributed by atoms with Gasteiger partial charge in [0.15, 0.2) is 0 Å². The average molecular weight is 256 g/mol. The molecule has 1 heterocycles. The summed E-state index contributed by atoms with van der Waals surface area (Å²) in [7, 11) is 1.73. The van der Waals surface area contributed by atoms with Crippen molar-refractivity contribution in [1.29, 1.82) is 0 Å². The topological polar surface area (TPSA) is 71.2 Å². The van der Waals surface area contributed by atoms with E-state index in [0.717, 1.165) is 11.3 Å². The highest BCUT2D eigenvalue weighted by Gasteiger charge is 2.17. The Morgan fingerprint density at radius 3 is 2.84 bits per heavy atom. The molecule has 19 heavy (non-hydrogen) atoms. The van der Waals surface area contributed by atoms with Gasteiger partial charge in [0.25, 0.3) is 5.91 Å². The smallest absolute Gasteiger partial charge is 0.261 e. The molecule has 3 N–H and O–H groups in total. The molecule has 2 aromatic rings. The largest absolute Gasteiger partial charge is 0.323 e. The van der Waals surface area contributed by atoms with E-state index in [1.54, 1.807) is 24.2 Å². The predicted octanol–water partition coefficient (Wildman–Crippen LogP) is 1.95. The molecule has 5 heteroatoms. The number of rotatable bonds is 3. The van der Waals surface area contributed by atoms with E-state index in [9.17, 15) is 4.79 Å². The van der Waals surface area contributed by atoms with Crippen molar-refractivity contribution in [3.05, 3.63) is 53.9 Å². The number of amides is 1. The predicted molar refractivity (Wildman–Crippen MR) is 76.0 cm³/mol. The molecule has 2 rings (SSSR count). The fraction of sp³-hybridized carbons (Fsp3) is 0.143. The zero-order chi connectivity index (χ0) is 13.8. The van der Waals surface area contributed by atoms with Crippen molar-refractivity contribution in [3.8, 4) is 0 Å². The van der Waals surface area contributed by atoms with Crippen LogP contribution in [0, 0.1) is 6.92 Å². The lowest BCUT2D eigenvalue weighted by atomic mass is 10.1. The Balaban J connectivity index is 2.33. The molecule has 0 aliphatic rings. The highest BCUT2D eigenvalue weighted by atomic mass is 16.2. The van der Waals surface area contributed by atoms with Gasteiger partial charge in [-0.1, -0.05) is 12.1 Å². The number of pyridine rings is 1. The number of carbonyl (C=O) groups excluding carboxylic acids is 1. The van der Waals surface area contributed by atoms with Gasteiger partial charge in [0.1, 0.15) is 0 Å². The van der Waals surface area contributed by atoms with Crippen molar-refractivity contribution in [2.24, 2.45) is 5.84 Å². The molecule has 1 aromatic heterocycles. The summed E-state index contributed by atoms with van der Waals surface area (Å²) < 4.78 is 0. The number of hydrazine groups is 1. The number of hydrogen-bond acceptors (Lipinski definition) is 4. The Morgan fingerprint density at radius 2 is 2.16 bits per heavy atom. The van der Waals surface area contributed by atoms with Crippen molar-refractivity contribution < 1.29 is 4.79 Å². The minimum absolute atomic E-state index is 0.161. The third kappa shape index (κ3) is 2.71. The number of benzene rings is 1. The lowest BCUT2D eigenvalue weighted by Crippen LogP contribution is -2.27. The second-order valence-corrected chi connectivity index (χ2v) is 4.27. The maximum Gasteiger partial charge on any atom is 0.261 e. The van der Waals surface area contributed by atoms with E-state index < -0.39 is 0 Å². The number of nitrogens with zero attached hydrogens (tertiary/aromatic N) is 2. The van der Waals surface area contributed by atoms with Gasteiger partial charge in [0.2, 0.25) is 0 Å². The van der Waals surface area contributed by atoms with Crippen LogP contribution in [0.25, 0.3) is 0 Å². The molecule has 98 valence electrons. The van der Waals surface area contributed by atoms with Crippen LogP contribution < -0.4 is 16.2 Å². The van der Waals surface area contributed by atoms with E-state index in [2.05, 4.69) is 10.4 Å². The van der Waals surface area contributed by atoms with E-state index >= 15 is 0 Å². The first kappa shape index (κ1) is 13.0. The minimum Gasteiger partial charge on any atom is -0.323 e. The molecule has 0 bridgehead atoms. The highest BCUT2D eigenvalue weighted by molar-refractivity contribution is 6.09. The lowest BCUT2D eigenvalue weighted by molar-refractivity contribution is 0.0993. The van der Waals surface area contributed by atoms with Crippen LogP contribution in [0.4, 0.5) is 11.4 Å². The number of aryl methyl sites for hydroxylation is 1. The normalized spacial score (nSPS) is 10.1. The van der Waals surface area contributed by atoms with Crippen molar-refractivity contribution in [2.75, 3.05) is 17.4 Å². The summed E-state index contributed by atoms with van der Waals surface area (Å²) in [5.74, 6) is 5.24. The van der Waals surface area contributed by atoms with Crippen LogP contribution in [0.15, 0.2) is 42.7 Å². The van der Waals surface area contributed by atoms with Crippen LogP contribution in [0.2, 0.25) is 0 Å². The van der Waals surface area contributed by atoms with Crippen LogP contribution in [-0.2, 0) is 0 Å². The molecule has 1 aromatic carbocycles. The van der Waals surface area contributed by atoms with Gasteiger partial charge in [-0.05, 0) is 30.7 Å². The number of carbonyl (C=O) groups is 1. The van der Waals surface area contributed by atoms with Crippen LogP contribution in [0.5, 0.6) is 0 Å². The van der Waals surface area contributed by atoms with E-state index in [-0.39, 0.29) is 5.91 Å². The maximum absolute atomic E-state index is 12.4. The van der Waals surface area contributed by atoms with Crippen molar-refractivity contribution >= 4 is 17.3 Å². The molecule has 0 fully saturated rings. The Labute approximate surface area is 112 Å². The second kappa shape index (κ2) is 5.49. The quantitative estimate of drug-likeness (QED) is 0.650. The molecule has 5 nitrogen and oxygen atoms in total. The molecule has 0 saturated heterocycles. The summed E-state index contributed by atoms with van der Waals surface area (Å²) in [6.07, 6.45) is 3.09. The van der Waals surface area contributed by atoms with Crippen LogP contribution in [0.3, 0.4) is 0 Å². The lowest BCUT2D eigenvalue weighted by Gasteiger charge is -2.19. The van der Waals surface area contributed by atoms with Crippen molar-refractivity contribution in [3.63, 3.8) is 0 Å². The fourth-order valence-corrected chi connectivity index (χ4v) is 1.83. The first-order chi connectivity index (χ1) is 9.13. The van der Waals surface area contributed by atoms with E-state index in [0.29, 0.717) is 11.3 Å². The monoisotopic (exact) mass is 256 g/mol. The summed E-state index contributed by atoms with van der Waals surface area (Å²) in [6.45, 7) is 1.98. The SMILES string of the molecule is Cc1cccc(N(C)C(=O)c2cnccc2NN)c1. The Hall–Kier alpha value is -2.40. The number of nitrogens with two attached hydrogens (primary N) is 1. The second-order valence-electron chi connectivity index (χ2n) is 4.27. The standard InChI is InChI=1S/C14H16N4O/c1-10-4-3-5-11(8-10)18(2)14(19)12-9-16-7-6-13(12)17-15/h3-9H,15H2,1-2H3,(H,16,17). The first-order valence-electron chi connectivity index (χ1n) is 5.89. The first-order valence-corrected chi connectivity index (χ1v) is 5.89. The van der Waals surface area contributed by atoms with Gasteiger partial charge in [0, 0.05) is 25.1 Å². The molecule has 0 atom stereocenters. The third-order valence-electron chi connectivity index (χ3n) is 2.90. The van der Waals surface area contributed by atoms with E-state index in [1.165, 1.54) is 6.20 Å². The maximum atomic E-state index is 12.4. The van der Waals surface area contributed by atoms with Crippen molar-refractivity contribution in [2.45, 2.75) is 6.92 Å². The average Bonchev–Trinajstić information content (AvgIpc) is 2.45. The molecule has 0 aliphatic carbocycles. The Bertz CT molecular complexity index is 598. The van der Waals surface area contributed by atoms with Gasteiger partial charge >= 0.3 is 0 Å². The molecule has 0 aliphatic heterocycles. The number of anilines is 2. The fourth-order valence-electron chi connectivity index (χ4n) is 1.83. The number of aromatic nitrogens is 1. The van der Waals surface area contributed by atoms with E-state index in [4.69, 9.17) is 5.84 Å². The van der Waals surface area contributed by atoms with Gasteiger partial charge in [-0.3, -0.25) is 15.6 Å². The summed E-state index contributed by atoms with van der Waals surface area (Å²) in [4.78, 5) is 18.0. The molecular formula is C14H16N4O. The van der Waals surface area contributed by atoms with Gasteiger partial charge in [0.05, 0.1) is 11.3 Å². The van der Waals surface area contributed by atoms with Gasteiger partial charge < -0.3 is 10.3 Å². The molecule has 0 unspecified atom stereocenters. The number of nitrogen functional groups attached to an aromatic ring is 1. The van der Waals surface area contributed by atoms with Crippen LogP contribution in [0.1, 0.15) is 15.9 Å². The zero-order valence-electron chi connectivity index (χ0n) is 10.9. The number of nitrogens with one attached hydrogen (secondary N) is 1. The van der Waals surface area contributed by atoms with Crippen LogP contribution >= 0.6 is 0 Å². The third-order valence-corrected chi connectivity index (χ3v) is 2.90.